The molecule has 18 heavy (non-hydrogen) atoms. The van der Waals surface area contributed by atoms with Crippen molar-refractivity contribution in [2.75, 3.05) is 37.8 Å². The molecule has 1 aliphatic heterocycles. The second-order valence-electron chi connectivity index (χ2n) is 5.32. The van der Waals surface area contributed by atoms with Crippen LogP contribution in [0, 0.1) is 5.92 Å². The minimum absolute atomic E-state index is 0.0929. The summed E-state index contributed by atoms with van der Waals surface area (Å²) in [4.78, 5) is 16.4. The molecule has 1 amide bonds. The fourth-order valence-electron chi connectivity index (χ4n) is 2.40. The Morgan fingerprint density at radius 3 is 2.72 bits per heavy atom. The van der Waals surface area contributed by atoms with Crippen molar-refractivity contribution in [2.24, 2.45) is 5.92 Å². The summed E-state index contributed by atoms with van der Waals surface area (Å²) in [5.74, 6) is 0.688. The van der Waals surface area contributed by atoms with Gasteiger partial charge < -0.3 is 15.5 Å². The minimum Gasteiger partial charge on any atom is -0.399 e. The molecule has 2 N–H and O–H groups in total. The third-order valence-electron chi connectivity index (χ3n) is 3.44. The number of likely N-dealkylation sites (tertiary alicyclic amines) is 1. The molecule has 1 aromatic rings. The number of carbonyl (C=O) groups excluding carboxylic acids is 1. The summed E-state index contributed by atoms with van der Waals surface area (Å²) in [5, 5.41) is 0. The van der Waals surface area contributed by atoms with Crippen molar-refractivity contribution in [3.05, 3.63) is 23.8 Å². The first-order chi connectivity index (χ1) is 8.49. The molecule has 0 aromatic heterocycles. The molecule has 0 aliphatic carbocycles. The first-order valence-corrected chi connectivity index (χ1v) is 6.35. The highest BCUT2D eigenvalue weighted by Gasteiger charge is 2.26. The van der Waals surface area contributed by atoms with Gasteiger partial charge in [0, 0.05) is 38.6 Å². The molecule has 2 rings (SSSR count). The molecule has 0 spiro atoms. The van der Waals surface area contributed by atoms with Gasteiger partial charge in [-0.05, 0) is 30.5 Å². The molecule has 1 unspecified atom stereocenters. The average molecular weight is 247 g/mol. The van der Waals surface area contributed by atoms with Crippen LogP contribution in [0.25, 0.3) is 0 Å². The third-order valence-corrected chi connectivity index (χ3v) is 3.44. The van der Waals surface area contributed by atoms with E-state index in [9.17, 15) is 4.79 Å². The van der Waals surface area contributed by atoms with Crippen LogP contribution in [-0.4, -0.2) is 38.0 Å². The molecule has 0 saturated carbocycles. The summed E-state index contributed by atoms with van der Waals surface area (Å²) in [7, 11) is 3.88. The van der Waals surface area contributed by atoms with Gasteiger partial charge in [-0.2, -0.15) is 0 Å². The van der Waals surface area contributed by atoms with E-state index in [1.54, 1.807) is 6.07 Å². The molecule has 1 fully saturated rings. The fraction of sp³-hybridized carbons (Fsp3) is 0.500. The summed E-state index contributed by atoms with van der Waals surface area (Å²) in [5.41, 5.74) is 8.07. The zero-order chi connectivity index (χ0) is 13.3. The van der Waals surface area contributed by atoms with E-state index in [0.717, 1.165) is 25.2 Å². The highest BCUT2D eigenvalue weighted by molar-refractivity contribution is 6.00. The normalized spacial score (nSPS) is 19.1. The van der Waals surface area contributed by atoms with Crippen molar-refractivity contribution >= 4 is 17.3 Å². The van der Waals surface area contributed by atoms with Gasteiger partial charge >= 0.3 is 0 Å². The molecule has 0 radical (unpaired) electrons. The van der Waals surface area contributed by atoms with Crippen LogP contribution in [0.5, 0.6) is 0 Å². The van der Waals surface area contributed by atoms with E-state index < -0.39 is 0 Å². The van der Waals surface area contributed by atoms with Crippen LogP contribution in [-0.2, 0) is 0 Å². The highest BCUT2D eigenvalue weighted by Crippen LogP contribution is 2.25. The Labute approximate surface area is 108 Å². The Balaban J connectivity index is 2.31. The van der Waals surface area contributed by atoms with Crippen molar-refractivity contribution in [1.82, 2.24) is 4.90 Å². The van der Waals surface area contributed by atoms with E-state index in [4.69, 9.17) is 5.73 Å². The first kappa shape index (κ1) is 12.7. The van der Waals surface area contributed by atoms with Gasteiger partial charge in [0.25, 0.3) is 5.91 Å². The molecule has 98 valence electrons. The van der Waals surface area contributed by atoms with Crippen molar-refractivity contribution in [1.29, 1.82) is 0 Å². The van der Waals surface area contributed by atoms with Crippen LogP contribution in [0.1, 0.15) is 23.7 Å². The van der Waals surface area contributed by atoms with Gasteiger partial charge in [-0.3, -0.25) is 4.79 Å². The van der Waals surface area contributed by atoms with Crippen LogP contribution in [0.4, 0.5) is 11.4 Å². The summed E-state index contributed by atoms with van der Waals surface area (Å²) in [6.45, 7) is 3.88. The molecule has 1 heterocycles. The van der Waals surface area contributed by atoms with Crippen LogP contribution in [0.2, 0.25) is 0 Å². The number of carbonyl (C=O) groups is 1. The molecule has 1 aromatic carbocycles. The maximum absolute atomic E-state index is 12.5. The summed E-state index contributed by atoms with van der Waals surface area (Å²) >= 11 is 0. The quantitative estimate of drug-likeness (QED) is 0.811. The lowest BCUT2D eigenvalue weighted by atomic mass is 10.1. The number of amides is 1. The Bertz CT molecular complexity index is 456. The third kappa shape index (κ3) is 2.42. The number of hydrogen-bond acceptors (Lipinski definition) is 3. The predicted molar refractivity (Wildman–Crippen MR) is 74.9 cm³/mol. The van der Waals surface area contributed by atoms with E-state index in [2.05, 4.69) is 6.92 Å². The van der Waals surface area contributed by atoms with E-state index in [1.807, 2.05) is 36.0 Å². The Hall–Kier alpha value is -1.71. The molecular formula is C14H21N3O. The van der Waals surface area contributed by atoms with E-state index >= 15 is 0 Å². The van der Waals surface area contributed by atoms with Gasteiger partial charge in [-0.15, -0.1) is 0 Å². The van der Waals surface area contributed by atoms with Crippen LogP contribution in [0.15, 0.2) is 18.2 Å². The van der Waals surface area contributed by atoms with Crippen molar-refractivity contribution < 1.29 is 4.79 Å². The standard InChI is InChI=1S/C14H21N3O/c1-10-6-7-17(9-10)14(18)12-8-11(15)4-5-13(12)16(2)3/h4-5,8,10H,6-7,9,15H2,1-3H3. The molecule has 1 saturated heterocycles. The molecule has 1 atom stereocenters. The molecule has 4 heteroatoms. The summed E-state index contributed by atoms with van der Waals surface area (Å²) < 4.78 is 0. The minimum atomic E-state index is 0.0929. The Kier molecular flexibility index (Phi) is 3.45. The SMILES string of the molecule is CC1CCN(C(=O)c2cc(N)ccc2N(C)C)C1. The molecular weight excluding hydrogens is 226 g/mol. The van der Waals surface area contributed by atoms with E-state index in [-0.39, 0.29) is 5.91 Å². The highest BCUT2D eigenvalue weighted by atomic mass is 16.2. The zero-order valence-electron chi connectivity index (χ0n) is 11.3. The van der Waals surface area contributed by atoms with Gasteiger partial charge in [0.15, 0.2) is 0 Å². The lowest BCUT2D eigenvalue weighted by molar-refractivity contribution is 0.0789. The van der Waals surface area contributed by atoms with Gasteiger partial charge in [0.2, 0.25) is 0 Å². The Morgan fingerprint density at radius 2 is 2.17 bits per heavy atom. The number of rotatable bonds is 2. The molecule has 0 bridgehead atoms. The van der Waals surface area contributed by atoms with Gasteiger partial charge in [-0.25, -0.2) is 0 Å². The van der Waals surface area contributed by atoms with Crippen LogP contribution < -0.4 is 10.6 Å². The lowest BCUT2D eigenvalue weighted by Crippen LogP contribution is -2.30. The fourth-order valence-corrected chi connectivity index (χ4v) is 2.40. The first-order valence-electron chi connectivity index (χ1n) is 6.35. The van der Waals surface area contributed by atoms with Gasteiger partial charge in [-0.1, -0.05) is 6.92 Å². The lowest BCUT2D eigenvalue weighted by Gasteiger charge is -2.22. The van der Waals surface area contributed by atoms with Crippen molar-refractivity contribution in [2.45, 2.75) is 13.3 Å². The summed E-state index contributed by atoms with van der Waals surface area (Å²) in [6.07, 6.45) is 1.09. The van der Waals surface area contributed by atoms with Crippen molar-refractivity contribution in [3.63, 3.8) is 0 Å². The molecule has 4 nitrogen and oxygen atoms in total. The van der Waals surface area contributed by atoms with Gasteiger partial charge in [0.1, 0.15) is 0 Å². The Morgan fingerprint density at radius 1 is 1.44 bits per heavy atom. The predicted octanol–water partition coefficient (Wildman–Crippen LogP) is 1.82. The number of nitrogens with zero attached hydrogens (tertiary/aromatic N) is 2. The van der Waals surface area contributed by atoms with E-state index in [0.29, 0.717) is 17.2 Å². The monoisotopic (exact) mass is 247 g/mol. The van der Waals surface area contributed by atoms with Gasteiger partial charge in [0.05, 0.1) is 5.56 Å². The smallest absolute Gasteiger partial charge is 0.256 e. The maximum atomic E-state index is 12.5. The number of nitrogens with two attached hydrogens (primary N) is 1. The van der Waals surface area contributed by atoms with Crippen molar-refractivity contribution in [3.8, 4) is 0 Å². The second kappa shape index (κ2) is 4.88. The van der Waals surface area contributed by atoms with Crippen LogP contribution >= 0.6 is 0 Å². The number of benzene rings is 1. The largest absolute Gasteiger partial charge is 0.399 e. The second-order valence-corrected chi connectivity index (χ2v) is 5.32. The number of anilines is 2. The average Bonchev–Trinajstić information content (AvgIpc) is 2.74. The zero-order valence-corrected chi connectivity index (χ0v) is 11.3. The number of nitrogen functional groups attached to an aromatic ring is 1. The van der Waals surface area contributed by atoms with E-state index in [1.165, 1.54) is 0 Å². The topological polar surface area (TPSA) is 49.6 Å². The van der Waals surface area contributed by atoms with Crippen LogP contribution in [0.3, 0.4) is 0 Å². The maximum Gasteiger partial charge on any atom is 0.256 e. The molecule has 1 aliphatic rings. The summed E-state index contributed by atoms with van der Waals surface area (Å²) in [6, 6.07) is 5.52. The number of hydrogen-bond donors (Lipinski definition) is 1.